The summed E-state index contributed by atoms with van der Waals surface area (Å²) in [5.74, 6) is -0.138. The molecule has 2 fully saturated rings. The number of nitrogens with zero attached hydrogens (tertiary/aromatic N) is 2. The molecular formula is C19H22N4O4S. The van der Waals surface area contributed by atoms with Crippen LogP contribution in [0.1, 0.15) is 32.1 Å². The lowest BCUT2D eigenvalue weighted by atomic mass is 9.78. The van der Waals surface area contributed by atoms with Crippen LogP contribution in [-0.2, 0) is 14.4 Å². The smallest absolute Gasteiger partial charge is 0.252 e. The summed E-state index contributed by atoms with van der Waals surface area (Å²) < 4.78 is 5.21. The minimum absolute atomic E-state index is 0.0670. The number of hydrogen-bond donors (Lipinski definition) is 2. The average molecular weight is 402 g/mol. The SMILES string of the molecule is COc1ccc2nc(SCC(=O)N3CC(=O)NC(=O)C34CCCCC4)[nH]c2c1. The van der Waals surface area contributed by atoms with Crippen molar-refractivity contribution >= 4 is 40.5 Å². The largest absolute Gasteiger partial charge is 0.497 e. The summed E-state index contributed by atoms with van der Waals surface area (Å²) in [5, 5.41) is 3.03. The molecule has 1 spiro atoms. The number of aromatic amines is 1. The molecule has 2 aliphatic rings. The van der Waals surface area contributed by atoms with E-state index in [1.165, 1.54) is 16.7 Å². The number of thioether (sulfide) groups is 1. The Bertz CT molecular complexity index is 935. The summed E-state index contributed by atoms with van der Waals surface area (Å²) in [7, 11) is 1.60. The van der Waals surface area contributed by atoms with Gasteiger partial charge in [-0.2, -0.15) is 0 Å². The van der Waals surface area contributed by atoms with E-state index in [0.29, 0.717) is 18.0 Å². The zero-order valence-corrected chi connectivity index (χ0v) is 16.4. The van der Waals surface area contributed by atoms with Crippen molar-refractivity contribution < 1.29 is 19.1 Å². The minimum atomic E-state index is -0.884. The summed E-state index contributed by atoms with van der Waals surface area (Å²) in [5.41, 5.74) is 0.725. The molecule has 1 aromatic heterocycles. The number of piperazine rings is 1. The lowest BCUT2D eigenvalue weighted by Gasteiger charge is -2.47. The lowest BCUT2D eigenvalue weighted by molar-refractivity contribution is -0.158. The van der Waals surface area contributed by atoms with Crippen molar-refractivity contribution in [2.45, 2.75) is 42.8 Å². The molecule has 1 saturated heterocycles. The van der Waals surface area contributed by atoms with Crippen LogP contribution in [0.15, 0.2) is 23.4 Å². The Morgan fingerprint density at radius 3 is 2.82 bits per heavy atom. The van der Waals surface area contributed by atoms with Gasteiger partial charge in [-0.1, -0.05) is 31.0 Å². The Labute approximate surface area is 166 Å². The lowest BCUT2D eigenvalue weighted by Crippen LogP contribution is -2.69. The Morgan fingerprint density at radius 2 is 2.07 bits per heavy atom. The summed E-state index contributed by atoms with van der Waals surface area (Å²) in [6, 6.07) is 5.52. The predicted octanol–water partition coefficient (Wildman–Crippen LogP) is 1.85. The first kappa shape index (κ1) is 18.8. The van der Waals surface area contributed by atoms with Crippen molar-refractivity contribution in [1.82, 2.24) is 20.2 Å². The number of nitrogens with one attached hydrogen (secondary N) is 2. The number of hydrogen-bond acceptors (Lipinski definition) is 6. The molecule has 0 atom stereocenters. The third-order valence-electron chi connectivity index (χ3n) is 5.48. The van der Waals surface area contributed by atoms with E-state index in [0.717, 1.165) is 36.0 Å². The topological polar surface area (TPSA) is 104 Å². The summed E-state index contributed by atoms with van der Waals surface area (Å²) in [6.45, 7) is -0.0670. The number of amides is 3. The number of methoxy groups -OCH3 is 1. The van der Waals surface area contributed by atoms with Crippen LogP contribution in [0.5, 0.6) is 5.75 Å². The molecule has 0 radical (unpaired) electrons. The molecule has 1 aliphatic heterocycles. The first-order valence-electron chi connectivity index (χ1n) is 9.33. The fourth-order valence-corrected chi connectivity index (χ4v) is 4.79. The number of carbonyl (C=O) groups excluding carboxylic acids is 3. The Hall–Kier alpha value is -2.55. The predicted molar refractivity (Wildman–Crippen MR) is 104 cm³/mol. The number of fused-ring (bicyclic) bond motifs is 1. The molecule has 2 heterocycles. The fourth-order valence-electron chi connectivity index (χ4n) is 4.03. The number of rotatable bonds is 4. The Kier molecular flexibility index (Phi) is 5.01. The molecule has 2 aromatic rings. The average Bonchev–Trinajstić information content (AvgIpc) is 3.11. The van der Waals surface area contributed by atoms with Gasteiger partial charge in [-0.05, 0) is 25.0 Å². The number of imidazole rings is 1. The highest BCUT2D eigenvalue weighted by molar-refractivity contribution is 7.99. The molecule has 8 nitrogen and oxygen atoms in total. The molecule has 0 unspecified atom stereocenters. The maximum absolute atomic E-state index is 13.0. The maximum atomic E-state index is 13.0. The van der Waals surface area contributed by atoms with Crippen LogP contribution < -0.4 is 10.1 Å². The van der Waals surface area contributed by atoms with Gasteiger partial charge >= 0.3 is 0 Å². The molecule has 1 saturated carbocycles. The molecule has 9 heteroatoms. The van der Waals surface area contributed by atoms with Gasteiger partial charge in [-0.25, -0.2) is 4.98 Å². The van der Waals surface area contributed by atoms with E-state index in [-0.39, 0.29) is 24.1 Å². The van der Waals surface area contributed by atoms with Crippen LogP contribution in [0.25, 0.3) is 11.0 Å². The van der Waals surface area contributed by atoms with Crippen molar-refractivity contribution in [2.75, 3.05) is 19.4 Å². The highest BCUT2D eigenvalue weighted by Gasteiger charge is 2.50. The highest BCUT2D eigenvalue weighted by atomic mass is 32.2. The van der Waals surface area contributed by atoms with Crippen LogP contribution in [0.4, 0.5) is 0 Å². The van der Waals surface area contributed by atoms with E-state index in [4.69, 9.17) is 4.74 Å². The van der Waals surface area contributed by atoms with Crippen molar-refractivity contribution in [3.63, 3.8) is 0 Å². The van der Waals surface area contributed by atoms with Gasteiger partial charge in [0.15, 0.2) is 5.16 Å². The minimum Gasteiger partial charge on any atom is -0.497 e. The fraction of sp³-hybridized carbons (Fsp3) is 0.474. The third-order valence-corrected chi connectivity index (χ3v) is 6.33. The van der Waals surface area contributed by atoms with Crippen LogP contribution in [0, 0.1) is 0 Å². The number of benzene rings is 1. The van der Waals surface area contributed by atoms with Crippen LogP contribution in [0.3, 0.4) is 0 Å². The molecule has 1 aromatic carbocycles. The normalized spacial score (nSPS) is 19.1. The van der Waals surface area contributed by atoms with Gasteiger partial charge in [-0.15, -0.1) is 0 Å². The molecule has 28 heavy (non-hydrogen) atoms. The van der Waals surface area contributed by atoms with E-state index >= 15 is 0 Å². The first-order chi connectivity index (χ1) is 13.5. The van der Waals surface area contributed by atoms with Gasteiger partial charge in [0.05, 0.1) is 23.9 Å². The molecule has 2 N–H and O–H groups in total. The van der Waals surface area contributed by atoms with Crippen LogP contribution in [-0.4, -0.2) is 57.5 Å². The second-order valence-electron chi connectivity index (χ2n) is 7.16. The molecule has 148 valence electrons. The van der Waals surface area contributed by atoms with E-state index in [9.17, 15) is 14.4 Å². The zero-order valence-electron chi connectivity index (χ0n) is 15.6. The highest BCUT2D eigenvalue weighted by Crippen LogP contribution is 2.36. The second kappa shape index (κ2) is 7.46. The van der Waals surface area contributed by atoms with Crippen LogP contribution >= 0.6 is 11.8 Å². The number of carbonyl (C=O) groups is 3. The molecule has 0 bridgehead atoms. The van der Waals surface area contributed by atoms with Crippen molar-refractivity contribution in [2.24, 2.45) is 0 Å². The number of imide groups is 1. The van der Waals surface area contributed by atoms with Gasteiger partial charge < -0.3 is 14.6 Å². The first-order valence-corrected chi connectivity index (χ1v) is 10.3. The van der Waals surface area contributed by atoms with E-state index in [1.807, 2.05) is 18.2 Å². The maximum Gasteiger partial charge on any atom is 0.252 e. The van der Waals surface area contributed by atoms with Crippen LogP contribution in [0.2, 0.25) is 0 Å². The molecule has 4 rings (SSSR count). The second-order valence-corrected chi connectivity index (χ2v) is 8.13. The van der Waals surface area contributed by atoms with Gasteiger partial charge in [0.1, 0.15) is 17.8 Å². The van der Waals surface area contributed by atoms with Crippen molar-refractivity contribution in [3.05, 3.63) is 18.2 Å². The van der Waals surface area contributed by atoms with E-state index in [1.54, 1.807) is 7.11 Å². The third kappa shape index (κ3) is 3.34. The summed E-state index contributed by atoms with van der Waals surface area (Å²) in [6.07, 6.45) is 4.01. The summed E-state index contributed by atoms with van der Waals surface area (Å²) in [4.78, 5) is 46.6. The Balaban J connectivity index is 1.50. The van der Waals surface area contributed by atoms with Gasteiger partial charge in [0.25, 0.3) is 5.91 Å². The van der Waals surface area contributed by atoms with Crippen molar-refractivity contribution in [3.8, 4) is 5.75 Å². The number of ether oxygens (including phenoxy) is 1. The number of aromatic nitrogens is 2. The molecule has 1 aliphatic carbocycles. The zero-order chi connectivity index (χ0) is 19.7. The molecule has 3 amide bonds. The summed E-state index contributed by atoms with van der Waals surface area (Å²) >= 11 is 1.27. The van der Waals surface area contributed by atoms with E-state index < -0.39 is 11.4 Å². The van der Waals surface area contributed by atoms with Gasteiger partial charge in [0.2, 0.25) is 11.8 Å². The number of H-pyrrole nitrogens is 1. The molecular weight excluding hydrogens is 380 g/mol. The Morgan fingerprint density at radius 1 is 1.29 bits per heavy atom. The monoisotopic (exact) mass is 402 g/mol. The van der Waals surface area contributed by atoms with Gasteiger partial charge in [0, 0.05) is 6.07 Å². The van der Waals surface area contributed by atoms with E-state index in [2.05, 4.69) is 15.3 Å². The standard InChI is InChI=1S/C19H22N4O4S/c1-27-12-5-6-13-14(9-12)21-18(20-13)28-11-16(25)23-10-15(24)22-17(26)19(23)7-3-2-4-8-19/h5-6,9H,2-4,7-8,10-11H2,1H3,(H,20,21)(H,22,24,26). The van der Waals surface area contributed by atoms with Gasteiger partial charge in [-0.3, -0.25) is 19.7 Å². The van der Waals surface area contributed by atoms with Crippen molar-refractivity contribution in [1.29, 1.82) is 0 Å². The quantitative estimate of drug-likeness (QED) is 0.597.